The van der Waals surface area contributed by atoms with Crippen molar-refractivity contribution in [1.29, 1.82) is 0 Å². The molecule has 2 saturated heterocycles. The van der Waals surface area contributed by atoms with E-state index in [-0.39, 0.29) is 29.9 Å². The fourth-order valence-electron chi connectivity index (χ4n) is 3.34. The van der Waals surface area contributed by atoms with E-state index in [4.69, 9.17) is 4.74 Å². The molecular weight excluding hydrogens is 537 g/mol. The zero-order chi connectivity index (χ0) is 19.1. The fourth-order valence-corrected chi connectivity index (χ4v) is 3.60. The zero-order valence-corrected chi connectivity index (χ0v) is 20.2. The highest BCUT2D eigenvalue weighted by molar-refractivity contribution is 14.0. The van der Waals surface area contributed by atoms with Crippen LogP contribution >= 0.6 is 39.9 Å². The molecule has 0 saturated carbocycles. The molecule has 2 aliphatic heterocycles. The highest BCUT2D eigenvalue weighted by atomic mass is 127. The molecule has 2 heterocycles. The van der Waals surface area contributed by atoms with E-state index in [0.29, 0.717) is 32.8 Å². The Balaban J connectivity index is 0.00000280. The average Bonchev–Trinajstić information content (AvgIpc) is 2.71. The maximum atomic E-state index is 12.4. The van der Waals surface area contributed by atoms with Crippen molar-refractivity contribution in [3.63, 3.8) is 0 Å². The number of halogens is 2. The minimum Gasteiger partial charge on any atom is -0.378 e. The quantitative estimate of drug-likeness (QED) is 0.341. The van der Waals surface area contributed by atoms with Crippen molar-refractivity contribution >= 4 is 51.8 Å². The molecule has 2 aliphatic rings. The molecule has 156 valence electrons. The van der Waals surface area contributed by atoms with E-state index in [0.717, 1.165) is 43.2 Å². The van der Waals surface area contributed by atoms with Crippen LogP contribution in [0.2, 0.25) is 0 Å². The summed E-state index contributed by atoms with van der Waals surface area (Å²) in [4.78, 5) is 23.2. The number of piperazine rings is 1. The van der Waals surface area contributed by atoms with Gasteiger partial charge in [-0.25, -0.2) is 0 Å². The third-order valence-electron chi connectivity index (χ3n) is 4.97. The molecule has 3 rings (SSSR count). The molecule has 0 atom stereocenters. The summed E-state index contributed by atoms with van der Waals surface area (Å²) in [6.45, 7) is 7.46. The van der Waals surface area contributed by atoms with Gasteiger partial charge in [-0.2, -0.15) is 0 Å². The Bertz CT molecular complexity index is 644. The van der Waals surface area contributed by atoms with Gasteiger partial charge < -0.3 is 19.9 Å². The minimum atomic E-state index is 0. The number of amides is 1. The van der Waals surface area contributed by atoms with E-state index in [1.54, 1.807) is 0 Å². The van der Waals surface area contributed by atoms with Gasteiger partial charge in [0.2, 0.25) is 5.91 Å². The molecule has 1 aromatic rings. The summed E-state index contributed by atoms with van der Waals surface area (Å²) in [7, 11) is 1.82. The van der Waals surface area contributed by atoms with Crippen LogP contribution in [0.15, 0.2) is 33.7 Å². The zero-order valence-electron chi connectivity index (χ0n) is 16.3. The van der Waals surface area contributed by atoms with Crippen molar-refractivity contribution in [3.8, 4) is 0 Å². The maximum absolute atomic E-state index is 12.4. The second kappa shape index (κ2) is 11.9. The van der Waals surface area contributed by atoms with Crippen LogP contribution in [-0.4, -0.2) is 92.6 Å². The molecule has 28 heavy (non-hydrogen) atoms. The smallest absolute Gasteiger partial charge is 0.236 e. The molecule has 9 heteroatoms. The molecule has 1 amide bonds. The van der Waals surface area contributed by atoms with Crippen molar-refractivity contribution in [2.24, 2.45) is 4.99 Å². The average molecular weight is 566 g/mol. The van der Waals surface area contributed by atoms with Gasteiger partial charge in [0, 0.05) is 57.3 Å². The summed E-state index contributed by atoms with van der Waals surface area (Å²) in [5.41, 5.74) is 1.22. The summed E-state index contributed by atoms with van der Waals surface area (Å²) >= 11 is 3.46. The van der Waals surface area contributed by atoms with Crippen molar-refractivity contribution in [1.82, 2.24) is 20.0 Å². The van der Waals surface area contributed by atoms with Gasteiger partial charge in [-0.05, 0) is 17.7 Å². The Kier molecular flexibility index (Phi) is 9.96. The molecule has 2 fully saturated rings. The summed E-state index contributed by atoms with van der Waals surface area (Å²) in [5, 5.41) is 3.44. The lowest BCUT2D eigenvalue weighted by Gasteiger charge is -2.37. The third kappa shape index (κ3) is 6.85. The standard InChI is InChI=1S/C19H28BrN5O2.HI/c1-21-19(22-14-16-2-4-17(20)5-3-16)25-8-6-23(7-9-25)15-18(26)24-10-12-27-13-11-24;/h2-5H,6-15H2,1H3,(H,21,22);1H. The Morgan fingerprint density at radius 2 is 1.71 bits per heavy atom. The summed E-state index contributed by atoms with van der Waals surface area (Å²) in [5.74, 6) is 1.13. The van der Waals surface area contributed by atoms with Crippen molar-refractivity contribution < 1.29 is 9.53 Å². The van der Waals surface area contributed by atoms with E-state index in [1.165, 1.54) is 5.56 Å². The molecule has 0 bridgehead atoms. The van der Waals surface area contributed by atoms with Crippen LogP contribution in [0, 0.1) is 0 Å². The van der Waals surface area contributed by atoms with Crippen LogP contribution < -0.4 is 5.32 Å². The number of rotatable bonds is 4. The number of morpholine rings is 1. The Morgan fingerprint density at radius 3 is 2.32 bits per heavy atom. The van der Waals surface area contributed by atoms with Crippen LogP contribution in [0.1, 0.15) is 5.56 Å². The number of nitrogens with zero attached hydrogens (tertiary/aromatic N) is 4. The van der Waals surface area contributed by atoms with Gasteiger partial charge >= 0.3 is 0 Å². The molecule has 0 aromatic heterocycles. The predicted molar refractivity (Wildman–Crippen MR) is 125 cm³/mol. The van der Waals surface area contributed by atoms with Gasteiger partial charge in [0.05, 0.1) is 19.8 Å². The van der Waals surface area contributed by atoms with Crippen molar-refractivity contribution in [2.45, 2.75) is 6.54 Å². The first-order chi connectivity index (χ1) is 13.2. The highest BCUT2D eigenvalue weighted by Crippen LogP contribution is 2.11. The summed E-state index contributed by atoms with van der Waals surface area (Å²) in [6, 6.07) is 8.28. The first kappa shape index (κ1) is 23.4. The molecule has 1 N–H and O–H groups in total. The van der Waals surface area contributed by atoms with E-state index in [9.17, 15) is 4.79 Å². The van der Waals surface area contributed by atoms with Crippen LogP contribution in [0.25, 0.3) is 0 Å². The minimum absolute atomic E-state index is 0. The number of ether oxygens (including phenoxy) is 1. The van der Waals surface area contributed by atoms with Gasteiger partial charge in [0.15, 0.2) is 5.96 Å². The Labute approximate surface area is 192 Å². The highest BCUT2D eigenvalue weighted by Gasteiger charge is 2.24. The van der Waals surface area contributed by atoms with Crippen LogP contribution in [0.4, 0.5) is 0 Å². The monoisotopic (exact) mass is 565 g/mol. The van der Waals surface area contributed by atoms with Crippen LogP contribution in [-0.2, 0) is 16.1 Å². The van der Waals surface area contributed by atoms with Gasteiger partial charge in [-0.3, -0.25) is 14.7 Å². The number of carbonyl (C=O) groups excluding carboxylic acids is 1. The Hall–Kier alpha value is -0.910. The maximum Gasteiger partial charge on any atom is 0.236 e. The van der Waals surface area contributed by atoms with Crippen molar-refractivity contribution in [2.75, 3.05) is 66.1 Å². The van der Waals surface area contributed by atoms with Gasteiger partial charge in [0.25, 0.3) is 0 Å². The molecule has 0 spiro atoms. The van der Waals surface area contributed by atoms with Crippen LogP contribution in [0.3, 0.4) is 0 Å². The van der Waals surface area contributed by atoms with E-state index >= 15 is 0 Å². The second-order valence-electron chi connectivity index (χ2n) is 6.78. The molecule has 0 unspecified atom stereocenters. The topological polar surface area (TPSA) is 60.4 Å². The van der Waals surface area contributed by atoms with E-state index in [2.05, 4.69) is 48.2 Å². The largest absolute Gasteiger partial charge is 0.378 e. The fraction of sp³-hybridized carbons (Fsp3) is 0.579. The van der Waals surface area contributed by atoms with Gasteiger partial charge in [0.1, 0.15) is 0 Å². The SMILES string of the molecule is CN=C(NCc1ccc(Br)cc1)N1CCN(CC(=O)N2CCOCC2)CC1.I. The lowest BCUT2D eigenvalue weighted by Crippen LogP contribution is -2.54. The van der Waals surface area contributed by atoms with Gasteiger partial charge in [-0.15, -0.1) is 24.0 Å². The molecule has 0 radical (unpaired) electrons. The molecule has 7 nitrogen and oxygen atoms in total. The number of aliphatic imine (C=N–C) groups is 1. The number of hydrogen-bond acceptors (Lipinski definition) is 4. The normalized spacial score (nSPS) is 18.6. The molecule has 0 aliphatic carbocycles. The summed E-state index contributed by atoms with van der Waals surface area (Å²) < 4.78 is 6.40. The third-order valence-corrected chi connectivity index (χ3v) is 5.50. The lowest BCUT2D eigenvalue weighted by molar-refractivity contribution is -0.136. The second-order valence-corrected chi connectivity index (χ2v) is 7.70. The van der Waals surface area contributed by atoms with Crippen LogP contribution in [0.5, 0.6) is 0 Å². The van der Waals surface area contributed by atoms with E-state index < -0.39 is 0 Å². The number of nitrogens with one attached hydrogen (secondary N) is 1. The predicted octanol–water partition coefficient (Wildman–Crippen LogP) is 1.62. The number of carbonyl (C=O) groups is 1. The number of benzene rings is 1. The first-order valence-electron chi connectivity index (χ1n) is 9.43. The summed E-state index contributed by atoms with van der Waals surface area (Å²) in [6.07, 6.45) is 0. The van der Waals surface area contributed by atoms with E-state index in [1.807, 2.05) is 24.1 Å². The molecular formula is C19H29BrIN5O2. The van der Waals surface area contributed by atoms with Crippen molar-refractivity contribution in [3.05, 3.63) is 34.3 Å². The number of guanidine groups is 1. The van der Waals surface area contributed by atoms with Gasteiger partial charge in [-0.1, -0.05) is 28.1 Å². The lowest BCUT2D eigenvalue weighted by atomic mass is 10.2. The number of hydrogen-bond donors (Lipinski definition) is 1. The molecule has 1 aromatic carbocycles. The Morgan fingerprint density at radius 1 is 1.07 bits per heavy atom. The first-order valence-corrected chi connectivity index (χ1v) is 10.2.